The standard InChI is InChI=1S/C16H21N3O/c1-10-5-6-14(15(9-10)20-4)16-18-11(2)13(7-8-17)12(3)19-16/h5-6,9H,7-8,17H2,1-4H3. The van der Waals surface area contributed by atoms with Gasteiger partial charge in [0.25, 0.3) is 0 Å². The quantitative estimate of drug-likeness (QED) is 0.928. The molecule has 4 heteroatoms. The zero-order valence-corrected chi connectivity index (χ0v) is 12.5. The van der Waals surface area contributed by atoms with Crippen LogP contribution in [-0.4, -0.2) is 23.6 Å². The molecule has 1 heterocycles. The molecule has 0 amide bonds. The first kappa shape index (κ1) is 14.5. The van der Waals surface area contributed by atoms with Gasteiger partial charge >= 0.3 is 0 Å². The smallest absolute Gasteiger partial charge is 0.163 e. The molecule has 4 nitrogen and oxygen atoms in total. The summed E-state index contributed by atoms with van der Waals surface area (Å²) in [7, 11) is 1.67. The summed E-state index contributed by atoms with van der Waals surface area (Å²) in [5.74, 6) is 1.51. The van der Waals surface area contributed by atoms with Crippen LogP contribution < -0.4 is 10.5 Å². The molecule has 2 N–H and O–H groups in total. The van der Waals surface area contributed by atoms with Crippen LogP contribution in [0.2, 0.25) is 0 Å². The van der Waals surface area contributed by atoms with Gasteiger partial charge in [-0.1, -0.05) is 6.07 Å². The number of nitrogens with two attached hydrogens (primary N) is 1. The van der Waals surface area contributed by atoms with E-state index >= 15 is 0 Å². The summed E-state index contributed by atoms with van der Waals surface area (Å²) in [4.78, 5) is 9.23. The lowest BCUT2D eigenvalue weighted by atomic mass is 10.1. The number of methoxy groups -OCH3 is 1. The Balaban J connectivity index is 2.54. The predicted molar refractivity (Wildman–Crippen MR) is 81.0 cm³/mol. The van der Waals surface area contributed by atoms with E-state index in [0.29, 0.717) is 12.4 Å². The maximum absolute atomic E-state index is 5.63. The Hall–Kier alpha value is -1.94. The minimum Gasteiger partial charge on any atom is -0.496 e. The first-order valence-corrected chi connectivity index (χ1v) is 6.76. The summed E-state index contributed by atoms with van der Waals surface area (Å²) < 4.78 is 5.44. The van der Waals surface area contributed by atoms with Gasteiger partial charge in [0.1, 0.15) is 5.75 Å². The maximum atomic E-state index is 5.63. The van der Waals surface area contributed by atoms with Gasteiger partial charge in [-0.05, 0) is 57.0 Å². The van der Waals surface area contributed by atoms with Crippen molar-refractivity contribution in [1.29, 1.82) is 0 Å². The minimum atomic E-state index is 0.609. The van der Waals surface area contributed by atoms with Crippen molar-refractivity contribution in [2.45, 2.75) is 27.2 Å². The monoisotopic (exact) mass is 271 g/mol. The molecule has 0 unspecified atom stereocenters. The van der Waals surface area contributed by atoms with Crippen molar-refractivity contribution in [2.24, 2.45) is 5.73 Å². The Bertz CT molecular complexity index is 600. The van der Waals surface area contributed by atoms with Gasteiger partial charge in [-0.3, -0.25) is 0 Å². The van der Waals surface area contributed by atoms with Crippen molar-refractivity contribution in [1.82, 2.24) is 9.97 Å². The zero-order valence-electron chi connectivity index (χ0n) is 12.5. The number of ether oxygens (including phenoxy) is 1. The van der Waals surface area contributed by atoms with Gasteiger partial charge in [0.2, 0.25) is 0 Å². The lowest BCUT2D eigenvalue weighted by molar-refractivity contribution is 0.416. The highest BCUT2D eigenvalue weighted by molar-refractivity contribution is 5.65. The van der Waals surface area contributed by atoms with Crippen LogP contribution in [0.5, 0.6) is 5.75 Å². The van der Waals surface area contributed by atoms with E-state index in [4.69, 9.17) is 10.5 Å². The van der Waals surface area contributed by atoms with Gasteiger partial charge in [0.15, 0.2) is 5.82 Å². The topological polar surface area (TPSA) is 61.0 Å². The Morgan fingerprint density at radius 2 is 1.75 bits per heavy atom. The van der Waals surface area contributed by atoms with E-state index in [1.807, 2.05) is 39.0 Å². The van der Waals surface area contributed by atoms with Crippen molar-refractivity contribution in [2.75, 3.05) is 13.7 Å². The van der Waals surface area contributed by atoms with Crippen LogP contribution in [-0.2, 0) is 6.42 Å². The molecule has 0 spiro atoms. The summed E-state index contributed by atoms with van der Waals surface area (Å²) >= 11 is 0. The number of nitrogens with zero attached hydrogens (tertiary/aromatic N) is 2. The molecule has 1 aromatic carbocycles. The van der Waals surface area contributed by atoms with Gasteiger partial charge in [0, 0.05) is 11.4 Å². The van der Waals surface area contributed by atoms with Gasteiger partial charge in [-0.15, -0.1) is 0 Å². The Kier molecular flexibility index (Phi) is 4.35. The molecular formula is C16H21N3O. The van der Waals surface area contributed by atoms with E-state index in [1.54, 1.807) is 7.11 Å². The van der Waals surface area contributed by atoms with Crippen LogP contribution in [0.3, 0.4) is 0 Å². The van der Waals surface area contributed by atoms with Crippen molar-refractivity contribution in [3.8, 4) is 17.1 Å². The number of hydrogen-bond donors (Lipinski definition) is 1. The molecule has 0 aliphatic rings. The van der Waals surface area contributed by atoms with Crippen LogP contribution >= 0.6 is 0 Å². The van der Waals surface area contributed by atoms with Gasteiger partial charge in [0.05, 0.1) is 12.7 Å². The fraction of sp³-hybridized carbons (Fsp3) is 0.375. The predicted octanol–water partition coefficient (Wildman–Crippen LogP) is 2.58. The highest BCUT2D eigenvalue weighted by atomic mass is 16.5. The Labute approximate surface area is 120 Å². The molecule has 0 saturated carbocycles. The van der Waals surface area contributed by atoms with Crippen LogP contribution in [0.1, 0.15) is 22.5 Å². The van der Waals surface area contributed by atoms with Crippen LogP contribution in [0, 0.1) is 20.8 Å². The summed E-state index contributed by atoms with van der Waals surface area (Å²) in [6.07, 6.45) is 0.809. The first-order chi connectivity index (χ1) is 9.56. The second-order valence-electron chi connectivity index (χ2n) is 4.94. The molecule has 0 aliphatic heterocycles. The number of aryl methyl sites for hydroxylation is 3. The highest BCUT2D eigenvalue weighted by Gasteiger charge is 2.13. The normalized spacial score (nSPS) is 10.7. The lowest BCUT2D eigenvalue weighted by Gasteiger charge is -2.12. The van der Waals surface area contributed by atoms with Crippen molar-refractivity contribution in [3.05, 3.63) is 40.7 Å². The zero-order chi connectivity index (χ0) is 14.7. The van der Waals surface area contributed by atoms with E-state index in [9.17, 15) is 0 Å². The third kappa shape index (κ3) is 2.80. The fourth-order valence-electron chi connectivity index (χ4n) is 2.35. The summed E-state index contributed by atoms with van der Waals surface area (Å²) in [6.45, 7) is 6.65. The summed E-state index contributed by atoms with van der Waals surface area (Å²) in [5.41, 5.74) is 10.8. The lowest BCUT2D eigenvalue weighted by Crippen LogP contribution is -2.09. The maximum Gasteiger partial charge on any atom is 0.163 e. The molecule has 106 valence electrons. The number of rotatable bonds is 4. The van der Waals surface area contributed by atoms with Gasteiger partial charge < -0.3 is 10.5 Å². The Morgan fingerprint density at radius 3 is 2.30 bits per heavy atom. The Morgan fingerprint density at radius 1 is 1.10 bits per heavy atom. The fourth-order valence-corrected chi connectivity index (χ4v) is 2.35. The number of hydrogen-bond acceptors (Lipinski definition) is 4. The third-order valence-electron chi connectivity index (χ3n) is 3.41. The highest BCUT2D eigenvalue weighted by Crippen LogP contribution is 2.29. The van der Waals surface area contributed by atoms with Crippen molar-refractivity contribution < 1.29 is 4.74 Å². The van der Waals surface area contributed by atoms with Crippen molar-refractivity contribution in [3.63, 3.8) is 0 Å². The molecule has 20 heavy (non-hydrogen) atoms. The van der Waals surface area contributed by atoms with Crippen LogP contribution in [0.15, 0.2) is 18.2 Å². The molecule has 0 radical (unpaired) electrons. The molecule has 0 atom stereocenters. The molecule has 0 fully saturated rings. The second-order valence-corrected chi connectivity index (χ2v) is 4.94. The average Bonchev–Trinajstić information content (AvgIpc) is 2.42. The third-order valence-corrected chi connectivity index (χ3v) is 3.41. The van der Waals surface area contributed by atoms with Crippen LogP contribution in [0.4, 0.5) is 0 Å². The largest absolute Gasteiger partial charge is 0.496 e. The number of benzene rings is 1. The molecule has 0 bridgehead atoms. The molecule has 0 saturated heterocycles. The van der Waals surface area contributed by atoms with E-state index in [2.05, 4.69) is 9.97 Å². The van der Waals surface area contributed by atoms with E-state index < -0.39 is 0 Å². The molecule has 2 aromatic rings. The summed E-state index contributed by atoms with van der Waals surface area (Å²) in [6, 6.07) is 6.04. The number of aromatic nitrogens is 2. The van der Waals surface area contributed by atoms with E-state index in [-0.39, 0.29) is 0 Å². The van der Waals surface area contributed by atoms with Crippen molar-refractivity contribution >= 4 is 0 Å². The first-order valence-electron chi connectivity index (χ1n) is 6.76. The molecule has 1 aromatic heterocycles. The van der Waals surface area contributed by atoms with E-state index in [0.717, 1.165) is 40.2 Å². The van der Waals surface area contributed by atoms with Crippen LogP contribution in [0.25, 0.3) is 11.4 Å². The average molecular weight is 271 g/mol. The molecule has 0 aliphatic carbocycles. The van der Waals surface area contributed by atoms with Gasteiger partial charge in [-0.25, -0.2) is 9.97 Å². The molecular weight excluding hydrogens is 250 g/mol. The second kappa shape index (κ2) is 6.01. The molecule has 2 rings (SSSR count). The van der Waals surface area contributed by atoms with Gasteiger partial charge in [-0.2, -0.15) is 0 Å². The summed E-state index contributed by atoms with van der Waals surface area (Å²) in [5, 5.41) is 0. The van der Waals surface area contributed by atoms with E-state index in [1.165, 1.54) is 0 Å². The minimum absolute atomic E-state index is 0.609. The SMILES string of the molecule is COc1cc(C)ccc1-c1nc(C)c(CCN)c(C)n1.